The monoisotopic (exact) mass is 263 g/mol. The van der Waals surface area contributed by atoms with Gasteiger partial charge >= 0.3 is 5.97 Å². The van der Waals surface area contributed by atoms with Crippen molar-refractivity contribution in [3.05, 3.63) is 35.4 Å². The average molecular weight is 263 g/mol. The fraction of sp³-hybridized carbons (Fsp3) is 0.467. The molecule has 0 aliphatic rings. The highest BCUT2D eigenvalue weighted by atomic mass is 16.4. The van der Waals surface area contributed by atoms with Crippen LogP contribution in [-0.4, -0.2) is 28.9 Å². The van der Waals surface area contributed by atoms with Crippen LogP contribution in [-0.2, 0) is 11.2 Å². The first kappa shape index (κ1) is 15.4. The summed E-state index contributed by atoms with van der Waals surface area (Å²) in [4.78, 5) is 23.1. The van der Waals surface area contributed by atoms with Gasteiger partial charge in [0.1, 0.15) is 0 Å². The minimum atomic E-state index is -0.975. The quantitative estimate of drug-likeness (QED) is 0.741. The Balaban J connectivity index is 2.87. The van der Waals surface area contributed by atoms with Gasteiger partial charge in [0.25, 0.3) is 0 Å². The minimum Gasteiger partial charge on any atom is -0.481 e. The predicted molar refractivity (Wildman–Crippen MR) is 74.5 cm³/mol. The maximum Gasteiger partial charge on any atom is 0.305 e. The van der Waals surface area contributed by atoms with Gasteiger partial charge in [-0.1, -0.05) is 45.0 Å². The van der Waals surface area contributed by atoms with E-state index >= 15 is 0 Å². The molecule has 2 N–H and O–H groups in total. The zero-order valence-corrected chi connectivity index (χ0v) is 11.6. The second-order valence-electron chi connectivity index (χ2n) is 4.89. The van der Waals surface area contributed by atoms with Crippen LogP contribution >= 0.6 is 0 Å². The maximum atomic E-state index is 12.3. The summed E-state index contributed by atoms with van der Waals surface area (Å²) in [5.74, 6) is -1.14. The molecule has 0 aliphatic heterocycles. The van der Waals surface area contributed by atoms with Gasteiger partial charge in [-0.15, -0.1) is 0 Å². The van der Waals surface area contributed by atoms with E-state index in [1.165, 1.54) is 0 Å². The number of carbonyl (C=O) groups is 2. The lowest BCUT2D eigenvalue weighted by atomic mass is 9.99. The second kappa shape index (κ2) is 7.04. The van der Waals surface area contributed by atoms with Crippen molar-refractivity contribution < 1.29 is 14.7 Å². The molecule has 0 radical (unpaired) electrons. The Bertz CT molecular complexity index is 437. The lowest BCUT2D eigenvalue weighted by Gasteiger charge is -2.18. The molecule has 0 spiro atoms. The van der Waals surface area contributed by atoms with E-state index in [2.05, 4.69) is 5.32 Å². The fourth-order valence-electron chi connectivity index (χ4n) is 1.91. The summed E-state index contributed by atoms with van der Waals surface area (Å²) >= 11 is 0. The van der Waals surface area contributed by atoms with E-state index in [0.29, 0.717) is 5.56 Å². The Kier molecular flexibility index (Phi) is 5.70. The summed E-state index contributed by atoms with van der Waals surface area (Å²) in [5.41, 5.74) is 1.71. The molecule has 0 aliphatic carbocycles. The first-order valence-corrected chi connectivity index (χ1v) is 6.55. The number of aryl methyl sites for hydroxylation is 1. The largest absolute Gasteiger partial charge is 0.481 e. The van der Waals surface area contributed by atoms with Crippen LogP contribution < -0.4 is 5.32 Å². The molecule has 0 saturated carbocycles. The Labute approximate surface area is 113 Å². The maximum absolute atomic E-state index is 12.3. The van der Waals surface area contributed by atoms with Crippen molar-refractivity contribution in [2.24, 2.45) is 0 Å². The van der Waals surface area contributed by atoms with E-state index in [9.17, 15) is 9.59 Å². The van der Waals surface area contributed by atoms with Crippen molar-refractivity contribution in [1.82, 2.24) is 5.32 Å². The van der Waals surface area contributed by atoms with Crippen molar-refractivity contribution in [2.75, 3.05) is 0 Å². The van der Waals surface area contributed by atoms with E-state index in [-0.39, 0.29) is 18.2 Å². The Hall–Kier alpha value is -1.68. The topological polar surface area (TPSA) is 66.4 Å². The number of benzene rings is 1. The Morgan fingerprint density at radius 1 is 1.21 bits per heavy atom. The highest BCUT2D eigenvalue weighted by molar-refractivity contribution is 6.01. The van der Waals surface area contributed by atoms with Gasteiger partial charge < -0.3 is 10.4 Å². The molecular formula is C15H21NO3. The predicted octanol–water partition coefficient (Wildman–Crippen LogP) is 2.27. The van der Waals surface area contributed by atoms with Gasteiger partial charge in [0, 0.05) is 11.6 Å². The summed E-state index contributed by atoms with van der Waals surface area (Å²) in [6.45, 7) is 5.83. The van der Waals surface area contributed by atoms with Gasteiger partial charge in [-0.25, -0.2) is 0 Å². The number of hydrogen-bond acceptors (Lipinski definition) is 3. The van der Waals surface area contributed by atoms with Crippen LogP contribution in [0.3, 0.4) is 0 Å². The first-order valence-electron chi connectivity index (χ1n) is 6.55. The Morgan fingerprint density at radius 2 is 1.79 bits per heavy atom. The van der Waals surface area contributed by atoms with Crippen LogP contribution in [0.25, 0.3) is 0 Å². The molecule has 0 heterocycles. The lowest BCUT2D eigenvalue weighted by Crippen LogP contribution is -2.42. The molecule has 0 aromatic heterocycles. The third kappa shape index (κ3) is 4.83. The molecule has 0 bridgehead atoms. The third-order valence-electron chi connectivity index (χ3n) is 2.88. The van der Waals surface area contributed by atoms with Gasteiger partial charge in [-0.2, -0.15) is 0 Å². The van der Waals surface area contributed by atoms with Crippen LogP contribution in [0, 0.1) is 0 Å². The number of nitrogens with one attached hydrogen (secondary N) is 1. The van der Waals surface area contributed by atoms with E-state index in [4.69, 9.17) is 5.11 Å². The highest BCUT2D eigenvalue weighted by Crippen LogP contribution is 2.10. The van der Waals surface area contributed by atoms with E-state index in [1.807, 2.05) is 32.9 Å². The minimum absolute atomic E-state index is 0.0585. The molecule has 19 heavy (non-hydrogen) atoms. The number of hydrogen-bond donors (Lipinski definition) is 2. The fourth-order valence-corrected chi connectivity index (χ4v) is 1.91. The molecule has 1 atom stereocenters. The molecule has 0 saturated heterocycles. The van der Waals surface area contributed by atoms with Gasteiger partial charge in [0.15, 0.2) is 5.78 Å². The molecule has 1 aromatic rings. The van der Waals surface area contributed by atoms with E-state index in [1.54, 1.807) is 12.1 Å². The number of aliphatic carboxylic acids is 1. The van der Waals surface area contributed by atoms with Crippen molar-refractivity contribution >= 4 is 11.8 Å². The number of ketones is 1. The number of carboxylic acid groups (broad SMARTS) is 1. The number of carboxylic acids is 1. The smallest absolute Gasteiger partial charge is 0.305 e. The van der Waals surface area contributed by atoms with Gasteiger partial charge in [0.2, 0.25) is 0 Å². The summed E-state index contributed by atoms with van der Waals surface area (Å²) in [7, 11) is 0. The lowest BCUT2D eigenvalue weighted by molar-refractivity contribution is -0.137. The normalized spacial score (nSPS) is 12.4. The molecule has 1 rings (SSSR count). The van der Waals surface area contributed by atoms with Crippen molar-refractivity contribution in [2.45, 2.75) is 45.7 Å². The Morgan fingerprint density at radius 3 is 2.21 bits per heavy atom. The summed E-state index contributed by atoms with van der Waals surface area (Å²) in [5, 5.41) is 11.9. The zero-order valence-electron chi connectivity index (χ0n) is 11.6. The molecular weight excluding hydrogens is 242 g/mol. The van der Waals surface area contributed by atoms with Crippen LogP contribution in [0.4, 0.5) is 0 Å². The zero-order chi connectivity index (χ0) is 14.4. The molecule has 0 amide bonds. The average Bonchev–Trinajstić information content (AvgIpc) is 2.36. The van der Waals surface area contributed by atoms with Crippen LogP contribution in [0.15, 0.2) is 24.3 Å². The summed E-state index contributed by atoms with van der Waals surface area (Å²) < 4.78 is 0. The van der Waals surface area contributed by atoms with Gasteiger partial charge in [0.05, 0.1) is 12.5 Å². The first-order chi connectivity index (χ1) is 8.93. The second-order valence-corrected chi connectivity index (χ2v) is 4.89. The number of carbonyl (C=O) groups excluding carboxylic acids is 1. The van der Waals surface area contributed by atoms with Crippen molar-refractivity contribution in [1.29, 1.82) is 0 Å². The highest BCUT2D eigenvalue weighted by Gasteiger charge is 2.23. The van der Waals surface area contributed by atoms with Gasteiger partial charge in [-0.05, 0) is 12.0 Å². The molecule has 1 unspecified atom stereocenters. The SMILES string of the molecule is CCc1ccc(C(=O)C(CC(=O)O)NC(C)C)cc1. The molecule has 104 valence electrons. The van der Waals surface area contributed by atoms with E-state index in [0.717, 1.165) is 12.0 Å². The van der Waals surface area contributed by atoms with Crippen LogP contribution in [0.5, 0.6) is 0 Å². The number of Topliss-reactive ketones (excluding diaryl/α,β-unsaturated/α-hetero) is 1. The third-order valence-corrected chi connectivity index (χ3v) is 2.88. The molecule has 4 nitrogen and oxygen atoms in total. The van der Waals surface area contributed by atoms with Crippen molar-refractivity contribution in [3.8, 4) is 0 Å². The standard InChI is InChI=1S/C15H21NO3/c1-4-11-5-7-12(8-6-11)15(19)13(9-14(17)18)16-10(2)3/h5-8,10,13,16H,4,9H2,1-3H3,(H,17,18). The molecule has 0 fully saturated rings. The molecule has 4 heteroatoms. The molecule has 1 aromatic carbocycles. The van der Waals surface area contributed by atoms with Crippen LogP contribution in [0.2, 0.25) is 0 Å². The van der Waals surface area contributed by atoms with Crippen molar-refractivity contribution in [3.63, 3.8) is 0 Å². The number of rotatable bonds is 7. The summed E-state index contributed by atoms with van der Waals surface area (Å²) in [6.07, 6.45) is 0.712. The summed E-state index contributed by atoms with van der Waals surface area (Å²) in [6, 6.07) is 6.71. The van der Waals surface area contributed by atoms with Gasteiger partial charge in [-0.3, -0.25) is 9.59 Å². The van der Waals surface area contributed by atoms with Crippen LogP contribution in [0.1, 0.15) is 43.1 Å². The van der Waals surface area contributed by atoms with E-state index < -0.39 is 12.0 Å².